The molecule has 2 atom stereocenters. The van der Waals surface area contributed by atoms with Crippen molar-refractivity contribution in [3.63, 3.8) is 0 Å². The van der Waals surface area contributed by atoms with Crippen molar-refractivity contribution < 1.29 is 0 Å². The molecule has 0 aromatic heterocycles. The van der Waals surface area contributed by atoms with Crippen LogP contribution < -0.4 is 0 Å². The maximum absolute atomic E-state index is 2.47. The third-order valence-electron chi connectivity index (χ3n) is 2.98. The highest BCUT2D eigenvalue weighted by molar-refractivity contribution is 5.16. The summed E-state index contributed by atoms with van der Waals surface area (Å²) in [4.78, 5) is 2.47. The Kier molecular flexibility index (Phi) is 1.34. The maximum atomic E-state index is 2.47. The quantitative estimate of drug-likeness (QED) is 0.459. The van der Waals surface area contributed by atoms with Crippen LogP contribution in [0.15, 0.2) is 11.6 Å². The lowest BCUT2D eigenvalue weighted by atomic mass is 9.81. The van der Waals surface area contributed by atoms with Gasteiger partial charge in [-0.1, -0.05) is 11.6 Å². The van der Waals surface area contributed by atoms with Crippen LogP contribution in [-0.4, -0.2) is 24.5 Å². The van der Waals surface area contributed by atoms with Gasteiger partial charge in [0.15, 0.2) is 0 Å². The molecule has 3 aliphatic rings. The summed E-state index contributed by atoms with van der Waals surface area (Å²) < 4.78 is 0. The van der Waals surface area contributed by atoms with Crippen molar-refractivity contribution >= 4 is 0 Å². The van der Waals surface area contributed by atoms with Gasteiger partial charge in [0.05, 0.1) is 0 Å². The minimum Gasteiger partial charge on any atom is -0.299 e. The molecule has 2 bridgehead atoms. The zero-order valence-corrected chi connectivity index (χ0v) is 6.80. The van der Waals surface area contributed by atoms with E-state index in [-0.39, 0.29) is 0 Å². The predicted octanol–water partition coefficient (Wildman–Crippen LogP) is 1.66. The molecule has 1 fully saturated rings. The molecule has 2 heterocycles. The normalized spacial score (nSPS) is 40.0. The van der Waals surface area contributed by atoms with Crippen LogP contribution in [0.5, 0.6) is 0 Å². The van der Waals surface area contributed by atoms with Gasteiger partial charge in [0.25, 0.3) is 0 Å². The number of fused-ring (bicyclic) bond motifs is 2. The summed E-state index contributed by atoms with van der Waals surface area (Å²) in [5.41, 5.74) is 1.63. The average Bonchev–Trinajstić information content (AvgIpc) is 1.91. The zero-order chi connectivity index (χ0) is 7.14. The van der Waals surface area contributed by atoms with Gasteiger partial charge in [0.2, 0.25) is 0 Å². The van der Waals surface area contributed by atoms with Crippen molar-refractivity contribution in [2.45, 2.75) is 25.8 Å². The fourth-order valence-corrected chi connectivity index (χ4v) is 2.19. The average molecular weight is 137 g/mol. The van der Waals surface area contributed by atoms with E-state index < -0.39 is 0 Å². The first kappa shape index (κ1) is 6.41. The Balaban J connectivity index is 2.25. The van der Waals surface area contributed by atoms with E-state index in [9.17, 15) is 0 Å². The smallest absolute Gasteiger partial charge is 0.0278 e. The van der Waals surface area contributed by atoms with Gasteiger partial charge in [-0.15, -0.1) is 0 Å². The van der Waals surface area contributed by atoms with E-state index in [0.717, 1.165) is 12.0 Å². The van der Waals surface area contributed by atoms with Crippen LogP contribution in [-0.2, 0) is 0 Å². The topological polar surface area (TPSA) is 3.24 Å². The van der Waals surface area contributed by atoms with Crippen LogP contribution in [0.1, 0.15) is 19.8 Å². The Morgan fingerprint density at radius 1 is 1.50 bits per heavy atom. The van der Waals surface area contributed by atoms with E-state index in [4.69, 9.17) is 0 Å². The summed E-state index contributed by atoms with van der Waals surface area (Å²) in [5.74, 6) is 0.884. The lowest BCUT2D eigenvalue weighted by Gasteiger charge is -2.41. The Morgan fingerprint density at radius 3 is 2.60 bits per heavy atom. The molecule has 1 saturated heterocycles. The Labute approximate surface area is 62.7 Å². The highest BCUT2D eigenvalue weighted by Gasteiger charge is 2.29. The largest absolute Gasteiger partial charge is 0.299 e. The van der Waals surface area contributed by atoms with Crippen molar-refractivity contribution in [3.05, 3.63) is 11.6 Å². The number of hydrogen-bond donors (Lipinski definition) is 0. The van der Waals surface area contributed by atoms with Gasteiger partial charge in [-0.05, 0) is 32.7 Å². The molecule has 0 aromatic carbocycles. The summed E-state index contributed by atoms with van der Waals surface area (Å²) >= 11 is 0. The lowest BCUT2D eigenvalue weighted by Crippen LogP contribution is -2.43. The molecule has 0 aromatic rings. The fourth-order valence-electron chi connectivity index (χ4n) is 2.19. The van der Waals surface area contributed by atoms with Crippen molar-refractivity contribution in [1.29, 1.82) is 0 Å². The second kappa shape index (κ2) is 2.09. The Morgan fingerprint density at radius 2 is 2.30 bits per heavy atom. The van der Waals surface area contributed by atoms with E-state index in [1.54, 1.807) is 5.57 Å². The third-order valence-corrected chi connectivity index (χ3v) is 2.98. The van der Waals surface area contributed by atoms with Gasteiger partial charge in [-0.2, -0.15) is 0 Å². The van der Waals surface area contributed by atoms with Gasteiger partial charge >= 0.3 is 0 Å². The molecule has 1 aliphatic carbocycles. The molecule has 0 N–H and O–H groups in total. The monoisotopic (exact) mass is 137 g/mol. The first-order chi connectivity index (χ1) is 4.77. The summed E-state index contributed by atoms with van der Waals surface area (Å²) in [6.07, 6.45) is 5.26. The molecule has 0 spiro atoms. The fraction of sp³-hybridized carbons (Fsp3) is 0.778. The van der Waals surface area contributed by atoms with Gasteiger partial charge in [-0.3, -0.25) is 4.90 Å². The lowest BCUT2D eigenvalue weighted by molar-refractivity contribution is 0.163. The first-order valence-corrected chi connectivity index (χ1v) is 4.16. The molecule has 10 heavy (non-hydrogen) atoms. The Bertz CT molecular complexity index is 172. The molecule has 3 rings (SSSR count). The van der Waals surface area contributed by atoms with Crippen LogP contribution in [0.25, 0.3) is 0 Å². The van der Waals surface area contributed by atoms with E-state index in [0.29, 0.717) is 0 Å². The molecule has 2 aliphatic heterocycles. The van der Waals surface area contributed by atoms with Crippen LogP contribution in [0.3, 0.4) is 0 Å². The number of piperidine rings is 1. The summed E-state index contributed by atoms with van der Waals surface area (Å²) in [7, 11) is 2.24. The van der Waals surface area contributed by atoms with Crippen LogP contribution in [0.2, 0.25) is 0 Å². The highest BCUT2D eigenvalue weighted by atomic mass is 15.1. The molecule has 2 unspecified atom stereocenters. The van der Waals surface area contributed by atoms with Gasteiger partial charge in [0, 0.05) is 12.6 Å². The van der Waals surface area contributed by atoms with Gasteiger partial charge < -0.3 is 0 Å². The van der Waals surface area contributed by atoms with Crippen LogP contribution in [0, 0.1) is 5.92 Å². The van der Waals surface area contributed by atoms with E-state index in [1.165, 1.54) is 19.4 Å². The van der Waals surface area contributed by atoms with Crippen molar-refractivity contribution in [1.82, 2.24) is 4.90 Å². The molecular weight excluding hydrogens is 122 g/mol. The molecule has 1 nitrogen and oxygen atoms in total. The third kappa shape index (κ3) is 0.807. The summed E-state index contributed by atoms with van der Waals surface area (Å²) in [6.45, 7) is 3.58. The first-order valence-electron chi connectivity index (χ1n) is 4.16. The molecule has 1 heteroatoms. The number of rotatable bonds is 0. The standard InChI is InChI=1S/C9H15N/c1-7-5-9-4-3-8(7)6-10(9)2/h5,8-9H,3-4,6H2,1-2H3. The van der Waals surface area contributed by atoms with E-state index >= 15 is 0 Å². The van der Waals surface area contributed by atoms with E-state index in [2.05, 4.69) is 24.9 Å². The minimum absolute atomic E-state index is 0.769. The molecule has 56 valence electrons. The van der Waals surface area contributed by atoms with Gasteiger partial charge in [0.1, 0.15) is 0 Å². The highest BCUT2D eigenvalue weighted by Crippen LogP contribution is 2.32. The molecular formula is C9H15N. The second-order valence-corrected chi connectivity index (χ2v) is 3.69. The SMILES string of the molecule is CC1=CC2CCC1CN2C. The predicted molar refractivity (Wildman–Crippen MR) is 42.9 cm³/mol. The zero-order valence-electron chi connectivity index (χ0n) is 6.80. The minimum atomic E-state index is 0.769. The van der Waals surface area contributed by atoms with Crippen LogP contribution in [0.4, 0.5) is 0 Å². The van der Waals surface area contributed by atoms with Crippen molar-refractivity contribution in [2.75, 3.05) is 13.6 Å². The number of hydrogen-bond acceptors (Lipinski definition) is 1. The van der Waals surface area contributed by atoms with Crippen molar-refractivity contribution in [2.24, 2.45) is 5.92 Å². The van der Waals surface area contributed by atoms with Gasteiger partial charge in [-0.25, -0.2) is 0 Å². The molecule has 0 amide bonds. The van der Waals surface area contributed by atoms with Crippen molar-refractivity contribution in [3.8, 4) is 0 Å². The van der Waals surface area contributed by atoms with Crippen LogP contribution >= 0.6 is 0 Å². The molecule has 0 saturated carbocycles. The summed E-state index contributed by atoms with van der Waals surface area (Å²) in [5, 5.41) is 0. The molecule has 0 radical (unpaired) electrons. The number of likely N-dealkylation sites (N-methyl/N-ethyl adjacent to an activating group) is 1. The maximum Gasteiger partial charge on any atom is 0.0278 e. The number of nitrogens with zero attached hydrogens (tertiary/aromatic N) is 1. The van der Waals surface area contributed by atoms with E-state index in [1.807, 2.05) is 0 Å². The Hall–Kier alpha value is -0.300. The summed E-state index contributed by atoms with van der Waals surface area (Å²) in [6, 6.07) is 0.769. The second-order valence-electron chi connectivity index (χ2n) is 3.69.